The first kappa shape index (κ1) is 26.0. The zero-order valence-corrected chi connectivity index (χ0v) is 20.8. The van der Waals surface area contributed by atoms with Crippen LogP contribution in [0.1, 0.15) is 6.42 Å². The molecule has 17 heteroatoms. The van der Waals surface area contributed by atoms with E-state index in [0.717, 1.165) is 21.6 Å². The number of piperidine rings is 1. The number of alkyl halides is 4. The van der Waals surface area contributed by atoms with E-state index < -0.39 is 47.3 Å². The summed E-state index contributed by atoms with van der Waals surface area (Å²) in [6.45, 7) is -1.84. The van der Waals surface area contributed by atoms with E-state index in [0.29, 0.717) is 9.82 Å². The number of rotatable bonds is 7. The van der Waals surface area contributed by atoms with E-state index in [1.165, 1.54) is 25.3 Å². The van der Waals surface area contributed by atoms with Crippen molar-refractivity contribution in [2.24, 2.45) is 0 Å². The molecule has 11 nitrogen and oxygen atoms in total. The second kappa shape index (κ2) is 9.30. The number of methoxy groups -OCH3 is 1. The van der Waals surface area contributed by atoms with Gasteiger partial charge in [0, 0.05) is 6.54 Å². The van der Waals surface area contributed by atoms with Crippen LogP contribution in [-0.4, -0.2) is 87.2 Å². The van der Waals surface area contributed by atoms with E-state index in [9.17, 15) is 26.0 Å². The van der Waals surface area contributed by atoms with Crippen molar-refractivity contribution >= 4 is 32.5 Å². The van der Waals surface area contributed by atoms with Gasteiger partial charge in [-0.25, -0.2) is 39.6 Å². The molecule has 1 aliphatic rings. The number of nitrogens with one attached hydrogen (secondary N) is 1. The van der Waals surface area contributed by atoms with E-state index in [-0.39, 0.29) is 47.0 Å². The van der Waals surface area contributed by atoms with Crippen molar-refractivity contribution in [3.63, 3.8) is 0 Å². The Bertz CT molecular complexity index is 1620. The molecule has 5 rings (SSSR count). The van der Waals surface area contributed by atoms with Crippen molar-refractivity contribution in [3.05, 3.63) is 30.2 Å². The predicted molar refractivity (Wildman–Crippen MR) is 125 cm³/mol. The molecule has 4 heterocycles. The Hall–Kier alpha value is -3.60. The van der Waals surface area contributed by atoms with Crippen LogP contribution >= 0.6 is 0 Å². The Morgan fingerprint density at radius 2 is 2.05 bits per heavy atom. The molecule has 1 fully saturated rings. The molecule has 0 amide bonds. The van der Waals surface area contributed by atoms with E-state index >= 15 is 4.39 Å². The monoisotopic (exact) mass is 560 g/mol. The Balaban J connectivity index is 1.52. The highest BCUT2D eigenvalue weighted by molar-refractivity contribution is 7.88. The molecule has 0 bridgehead atoms. The van der Waals surface area contributed by atoms with Gasteiger partial charge < -0.3 is 10.1 Å². The lowest BCUT2D eigenvalue weighted by Crippen LogP contribution is -2.55. The molecule has 0 aliphatic carbocycles. The fourth-order valence-corrected chi connectivity index (χ4v) is 5.25. The number of benzene rings is 1. The molecule has 1 aromatic carbocycles. The fourth-order valence-electron chi connectivity index (χ4n) is 4.41. The summed E-state index contributed by atoms with van der Waals surface area (Å²) in [6.07, 6.45) is -1.04. The summed E-state index contributed by atoms with van der Waals surface area (Å²) in [5.74, 6) is -4.63. The molecule has 4 aromatic rings. The van der Waals surface area contributed by atoms with Gasteiger partial charge >= 0.3 is 0 Å². The number of aromatic nitrogens is 6. The maximum atomic E-state index is 15.2. The summed E-state index contributed by atoms with van der Waals surface area (Å²) in [5.41, 5.74) is 0.921. The number of hydrogen-bond acceptors (Lipinski definition) is 8. The fraction of sp³-hybridized carbons (Fsp3) is 0.429. The number of anilines is 1. The van der Waals surface area contributed by atoms with Gasteiger partial charge in [-0.2, -0.15) is 9.29 Å². The molecule has 0 spiro atoms. The normalized spacial score (nSPS) is 18.5. The third kappa shape index (κ3) is 4.70. The SMILES string of the molecule is COc1nc(NC2CCN(S(C)(=O)=O)CC2(F)F)nn2cc(F)c(-c3ccc4nnn(CC(F)F)c4c3)c12. The molecule has 38 heavy (non-hydrogen) atoms. The lowest BCUT2D eigenvalue weighted by molar-refractivity contribution is -0.0541. The molecular weight excluding hydrogens is 539 g/mol. The van der Waals surface area contributed by atoms with Crippen LogP contribution in [0.15, 0.2) is 24.4 Å². The second-order valence-electron chi connectivity index (χ2n) is 8.80. The van der Waals surface area contributed by atoms with Crippen LogP contribution in [0.5, 0.6) is 5.88 Å². The van der Waals surface area contributed by atoms with Gasteiger partial charge in [-0.05, 0) is 24.1 Å². The topological polar surface area (TPSA) is 120 Å². The minimum absolute atomic E-state index is 0.00751. The van der Waals surface area contributed by atoms with Crippen molar-refractivity contribution in [3.8, 4) is 17.0 Å². The first-order valence-electron chi connectivity index (χ1n) is 11.2. The van der Waals surface area contributed by atoms with Gasteiger partial charge in [-0.15, -0.1) is 10.2 Å². The summed E-state index contributed by atoms with van der Waals surface area (Å²) in [4.78, 5) is 4.13. The minimum atomic E-state index is -3.80. The summed E-state index contributed by atoms with van der Waals surface area (Å²) >= 11 is 0. The van der Waals surface area contributed by atoms with Gasteiger partial charge in [-0.1, -0.05) is 11.3 Å². The molecule has 1 N–H and O–H groups in total. The van der Waals surface area contributed by atoms with Crippen molar-refractivity contribution in [2.75, 3.05) is 31.8 Å². The molecule has 0 radical (unpaired) electrons. The highest BCUT2D eigenvalue weighted by atomic mass is 32.2. The van der Waals surface area contributed by atoms with Gasteiger partial charge in [0.2, 0.25) is 21.9 Å². The first-order chi connectivity index (χ1) is 17.9. The quantitative estimate of drug-likeness (QED) is 0.343. The standard InChI is InChI=1S/C21H21F5N8O3S/c1-37-19-18-17(11-3-4-13-14(7-11)33(31-29-13)9-16(23)24)12(22)8-34(18)30-20(28-19)27-15-5-6-32(38(2,35)36)10-21(15,25)26/h3-4,7-8,15-16H,5-6,9-10H2,1-2H3,(H,27,30). The maximum absolute atomic E-state index is 15.2. The largest absolute Gasteiger partial charge is 0.479 e. The van der Waals surface area contributed by atoms with Crippen LogP contribution < -0.4 is 10.1 Å². The number of ether oxygens (including phenoxy) is 1. The summed E-state index contributed by atoms with van der Waals surface area (Å²) in [6, 6.07) is 2.96. The lowest BCUT2D eigenvalue weighted by atomic mass is 10.0. The minimum Gasteiger partial charge on any atom is -0.479 e. The third-order valence-electron chi connectivity index (χ3n) is 6.20. The Morgan fingerprint density at radius 1 is 1.29 bits per heavy atom. The highest BCUT2D eigenvalue weighted by Gasteiger charge is 2.47. The van der Waals surface area contributed by atoms with Gasteiger partial charge in [0.1, 0.15) is 17.6 Å². The average Bonchev–Trinajstić information content (AvgIpc) is 3.38. The maximum Gasteiger partial charge on any atom is 0.281 e. The molecule has 0 saturated carbocycles. The molecule has 3 aromatic heterocycles. The lowest BCUT2D eigenvalue weighted by Gasteiger charge is -2.37. The van der Waals surface area contributed by atoms with E-state index in [4.69, 9.17) is 4.74 Å². The molecular formula is C21H21F5N8O3S. The van der Waals surface area contributed by atoms with Crippen LogP contribution in [0, 0.1) is 5.82 Å². The highest BCUT2D eigenvalue weighted by Crippen LogP contribution is 2.36. The van der Waals surface area contributed by atoms with E-state index in [2.05, 4.69) is 25.7 Å². The van der Waals surface area contributed by atoms with Gasteiger partial charge in [0.15, 0.2) is 5.82 Å². The van der Waals surface area contributed by atoms with Crippen molar-refractivity contribution < 1.29 is 35.1 Å². The molecule has 1 unspecified atom stereocenters. The van der Waals surface area contributed by atoms with Crippen LogP contribution in [-0.2, 0) is 16.6 Å². The summed E-state index contributed by atoms with van der Waals surface area (Å²) in [5, 5.41) is 14.2. The summed E-state index contributed by atoms with van der Waals surface area (Å²) in [7, 11) is -2.54. The molecule has 204 valence electrons. The second-order valence-corrected chi connectivity index (χ2v) is 10.8. The van der Waals surface area contributed by atoms with Crippen LogP contribution in [0.3, 0.4) is 0 Å². The van der Waals surface area contributed by atoms with Gasteiger partial charge in [-0.3, -0.25) is 0 Å². The Kier molecular flexibility index (Phi) is 6.37. The van der Waals surface area contributed by atoms with Crippen LogP contribution in [0.25, 0.3) is 27.7 Å². The van der Waals surface area contributed by atoms with Crippen molar-refractivity contribution in [2.45, 2.75) is 31.4 Å². The number of fused-ring (bicyclic) bond motifs is 2. The number of halogens is 5. The van der Waals surface area contributed by atoms with Crippen molar-refractivity contribution in [1.82, 2.24) is 33.9 Å². The van der Waals surface area contributed by atoms with E-state index in [1.54, 1.807) is 0 Å². The van der Waals surface area contributed by atoms with Crippen molar-refractivity contribution in [1.29, 1.82) is 0 Å². The first-order valence-corrected chi connectivity index (χ1v) is 13.1. The Morgan fingerprint density at radius 3 is 2.71 bits per heavy atom. The zero-order valence-electron chi connectivity index (χ0n) is 19.9. The van der Waals surface area contributed by atoms with Gasteiger partial charge in [0.05, 0.1) is 43.2 Å². The smallest absolute Gasteiger partial charge is 0.281 e. The van der Waals surface area contributed by atoms with Gasteiger partial charge in [0.25, 0.3) is 12.3 Å². The van der Waals surface area contributed by atoms with Crippen LogP contribution in [0.4, 0.5) is 27.9 Å². The third-order valence-corrected chi connectivity index (χ3v) is 7.45. The number of hydrogen-bond donors (Lipinski definition) is 1. The zero-order chi connectivity index (χ0) is 27.4. The molecule has 1 saturated heterocycles. The molecule has 1 aliphatic heterocycles. The number of sulfonamides is 1. The molecule has 1 atom stereocenters. The van der Waals surface area contributed by atoms with Crippen LogP contribution in [0.2, 0.25) is 0 Å². The average molecular weight is 561 g/mol. The Labute approximate surface area is 212 Å². The van der Waals surface area contributed by atoms with E-state index in [1.807, 2.05) is 0 Å². The number of nitrogens with zero attached hydrogens (tertiary/aromatic N) is 7. The predicted octanol–water partition coefficient (Wildman–Crippen LogP) is 2.63. The summed E-state index contributed by atoms with van der Waals surface area (Å²) < 4.78 is 102.